The largest absolute Gasteiger partial charge is 0.456 e. The van der Waals surface area contributed by atoms with Crippen LogP contribution in [0.4, 0.5) is 0 Å². The van der Waals surface area contributed by atoms with E-state index in [2.05, 4.69) is 199 Å². The molecule has 322 valence electrons. The fourth-order valence-electron chi connectivity index (χ4n) is 10.3. The first-order valence-corrected chi connectivity index (χ1v) is 23.2. The third-order valence-electron chi connectivity index (χ3n) is 13.5. The number of furan rings is 2. The van der Waals surface area contributed by atoms with Crippen LogP contribution in [0, 0.1) is 0 Å². The molecule has 0 aliphatic carbocycles. The van der Waals surface area contributed by atoms with Gasteiger partial charge in [0.1, 0.15) is 22.3 Å². The topological polar surface area (TPSA) is 69.9 Å². The van der Waals surface area contributed by atoms with Gasteiger partial charge in [-0.15, -0.1) is 0 Å². The summed E-state index contributed by atoms with van der Waals surface area (Å²) in [5.74, 6) is 1.72. The van der Waals surface area contributed by atoms with Gasteiger partial charge < -0.3 is 13.4 Å². The van der Waals surface area contributed by atoms with Gasteiger partial charge in [0.2, 0.25) is 0 Å². The van der Waals surface area contributed by atoms with Crippen LogP contribution in [0.2, 0.25) is 0 Å². The van der Waals surface area contributed by atoms with Crippen LogP contribution in [0.5, 0.6) is 0 Å². The lowest BCUT2D eigenvalue weighted by molar-refractivity contribution is 0.669. The minimum Gasteiger partial charge on any atom is -0.456 e. The van der Waals surface area contributed by atoms with Crippen LogP contribution in [0.1, 0.15) is 0 Å². The van der Waals surface area contributed by atoms with Crippen molar-refractivity contribution in [2.75, 3.05) is 0 Å². The third-order valence-corrected chi connectivity index (χ3v) is 13.5. The molecule has 0 saturated heterocycles. The summed E-state index contributed by atoms with van der Waals surface area (Å²) in [5.41, 5.74) is 15.6. The average molecular weight is 883 g/mol. The standard InChI is InChI=1S/C63H38N4O2/c1-3-16-39(17-4-1)41-20-13-22-44(36-41)61-64-62(45-23-14-21-42(37-45)40-18-5-2-6-19-40)66-63(65-61)49-27-15-31-56-59(49)50-38-43(32-34-55(50)69-56)58-53(33-35-57-60(58)48-26-9-12-30-54(48)68-57)67-51-28-10-7-24-46(51)47-25-8-11-29-52(47)67/h1-38H. The zero-order valence-electron chi connectivity index (χ0n) is 37.0. The number of para-hydroxylation sites is 3. The molecule has 0 N–H and O–H groups in total. The third kappa shape index (κ3) is 6.38. The molecule has 10 aromatic carbocycles. The summed E-state index contributed by atoms with van der Waals surface area (Å²) in [6, 6.07) is 80.3. The summed E-state index contributed by atoms with van der Waals surface area (Å²) in [6.45, 7) is 0. The first-order chi connectivity index (χ1) is 34.2. The van der Waals surface area contributed by atoms with Crippen LogP contribution < -0.4 is 0 Å². The van der Waals surface area contributed by atoms with E-state index in [0.717, 1.165) is 111 Å². The minimum absolute atomic E-state index is 0.554. The Morgan fingerprint density at radius 1 is 0.290 bits per heavy atom. The molecule has 0 spiro atoms. The Kier molecular flexibility index (Phi) is 8.79. The quantitative estimate of drug-likeness (QED) is 0.159. The van der Waals surface area contributed by atoms with E-state index in [9.17, 15) is 0 Å². The van der Waals surface area contributed by atoms with Crippen molar-refractivity contribution in [3.63, 3.8) is 0 Å². The van der Waals surface area contributed by atoms with Crippen LogP contribution in [0.15, 0.2) is 239 Å². The Labute approximate surface area is 396 Å². The van der Waals surface area contributed by atoms with Crippen LogP contribution in [0.25, 0.3) is 139 Å². The molecule has 4 aromatic heterocycles. The fourth-order valence-corrected chi connectivity index (χ4v) is 10.3. The van der Waals surface area contributed by atoms with Crippen molar-refractivity contribution < 1.29 is 8.83 Å². The fraction of sp³-hybridized carbons (Fsp3) is 0. The Morgan fingerprint density at radius 2 is 0.768 bits per heavy atom. The molecular formula is C63H38N4O2. The summed E-state index contributed by atoms with van der Waals surface area (Å²) >= 11 is 0. The van der Waals surface area contributed by atoms with E-state index >= 15 is 0 Å². The maximum absolute atomic E-state index is 6.73. The lowest BCUT2D eigenvalue weighted by Gasteiger charge is -2.16. The average Bonchev–Trinajstić information content (AvgIpc) is 4.11. The number of hydrogen-bond donors (Lipinski definition) is 0. The molecule has 6 heteroatoms. The molecule has 0 amide bonds. The monoisotopic (exact) mass is 882 g/mol. The second-order valence-electron chi connectivity index (χ2n) is 17.5. The molecular weight excluding hydrogens is 845 g/mol. The smallest absolute Gasteiger partial charge is 0.164 e. The van der Waals surface area contributed by atoms with Gasteiger partial charge in [-0.2, -0.15) is 0 Å². The van der Waals surface area contributed by atoms with Gasteiger partial charge in [0.25, 0.3) is 0 Å². The molecule has 14 aromatic rings. The first kappa shape index (κ1) is 38.8. The molecule has 0 radical (unpaired) electrons. The van der Waals surface area contributed by atoms with Crippen LogP contribution in [0.3, 0.4) is 0 Å². The number of rotatable bonds is 7. The van der Waals surface area contributed by atoms with Crippen molar-refractivity contribution in [2.24, 2.45) is 0 Å². The van der Waals surface area contributed by atoms with Crippen LogP contribution >= 0.6 is 0 Å². The van der Waals surface area contributed by atoms with Gasteiger partial charge in [-0.3, -0.25) is 0 Å². The number of hydrogen-bond acceptors (Lipinski definition) is 5. The van der Waals surface area contributed by atoms with E-state index in [-0.39, 0.29) is 0 Å². The first-order valence-electron chi connectivity index (χ1n) is 23.2. The molecule has 0 fully saturated rings. The summed E-state index contributed by atoms with van der Waals surface area (Å²) in [6.07, 6.45) is 0. The van der Waals surface area contributed by atoms with Crippen molar-refractivity contribution in [3.8, 4) is 73.2 Å². The maximum Gasteiger partial charge on any atom is 0.164 e. The molecule has 0 unspecified atom stereocenters. The highest BCUT2D eigenvalue weighted by Crippen LogP contribution is 2.46. The normalized spacial score (nSPS) is 11.8. The molecule has 0 bridgehead atoms. The van der Waals surface area contributed by atoms with E-state index in [1.165, 1.54) is 10.8 Å². The zero-order chi connectivity index (χ0) is 45.4. The van der Waals surface area contributed by atoms with Gasteiger partial charge in [-0.1, -0.05) is 170 Å². The molecule has 0 atom stereocenters. The van der Waals surface area contributed by atoms with Gasteiger partial charge in [-0.05, 0) is 88.5 Å². The van der Waals surface area contributed by atoms with Crippen molar-refractivity contribution in [3.05, 3.63) is 231 Å². The van der Waals surface area contributed by atoms with Crippen molar-refractivity contribution in [2.45, 2.75) is 0 Å². The summed E-state index contributed by atoms with van der Waals surface area (Å²) in [7, 11) is 0. The van der Waals surface area contributed by atoms with E-state index in [1.54, 1.807) is 0 Å². The van der Waals surface area contributed by atoms with E-state index in [1.807, 2.05) is 36.4 Å². The molecule has 0 aliphatic rings. The number of benzene rings is 10. The van der Waals surface area contributed by atoms with E-state index in [4.69, 9.17) is 23.8 Å². The second-order valence-corrected chi connectivity index (χ2v) is 17.5. The number of nitrogens with zero attached hydrogens (tertiary/aromatic N) is 4. The van der Waals surface area contributed by atoms with Gasteiger partial charge in [0.15, 0.2) is 17.5 Å². The number of aromatic nitrogens is 4. The summed E-state index contributed by atoms with van der Waals surface area (Å²) < 4.78 is 15.7. The Morgan fingerprint density at radius 3 is 1.42 bits per heavy atom. The summed E-state index contributed by atoms with van der Waals surface area (Å²) in [5, 5.41) is 6.40. The predicted octanol–water partition coefficient (Wildman–Crippen LogP) is 16.8. The molecule has 69 heavy (non-hydrogen) atoms. The number of fused-ring (bicyclic) bond motifs is 9. The van der Waals surface area contributed by atoms with Crippen molar-refractivity contribution in [1.29, 1.82) is 0 Å². The Balaban J connectivity index is 1.01. The minimum atomic E-state index is 0.554. The second kappa shape index (κ2) is 15.6. The van der Waals surface area contributed by atoms with Crippen molar-refractivity contribution >= 4 is 65.7 Å². The molecule has 4 heterocycles. The van der Waals surface area contributed by atoms with Gasteiger partial charge in [0, 0.05) is 54.6 Å². The molecule has 14 rings (SSSR count). The zero-order valence-corrected chi connectivity index (χ0v) is 37.0. The van der Waals surface area contributed by atoms with E-state index in [0.29, 0.717) is 17.5 Å². The SMILES string of the molecule is c1ccc(-c2cccc(-c3nc(-c4cccc(-c5ccccc5)c4)nc(-c4cccc5oc6ccc(-c7c(-n8c9ccccc9c9ccccc98)ccc8oc9ccccc9c78)cc6c45)n3)c2)cc1. The highest BCUT2D eigenvalue weighted by molar-refractivity contribution is 6.18. The van der Waals surface area contributed by atoms with Crippen LogP contribution in [-0.4, -0.2) is 19.5 Å². The lowest BCUT2D eigenvalue weighted by atomic mass is 9.95. The molecule has 6 nitrogen and oxygen atoms in total. The molecule has 0 aliphatic heterocycles. The maximum atomic E-state index is 6.73. The van der Waals surface area contributed by atoms with Gasteiger partial charge in [0.05, 0.1) is 16.7 Å². The van der Waals surface area contributed by atoms with Gasteiger partial charge >= 0.3 is 0 Å². The highest BCUT2D eigenvalue weighted by Gasteiger charge is 2.24. The Hall–Kier alpha value is -9.39. The van der Waals surface area contributed by atoms with Gasteiger partial charge in [-0.25, -0.2) is 15.0 Å². The Bertz CT molecular complexity index is 4160. The van der Waals surface area contributed by atoms with E-state index < -0.39 is 0 Å². The lowest BCUT2D eigenvalue weighted by Crippen LogP contribution is -2.01. The molecule has 0 saturated carbocycles. The van der Waals surface area contributed by atoms with Crippen molar-refractivity contribution in [1.82, 2.24) is 19.5 Å². The summed E-state index contributed by atoms with van der Waals surface area (Å²) in [4.78, 5) is 15.9. The predicted molar refractivity (Wildman–Crippen MR) is 281 cm³/mol. The highest BCUT2D eigenvalue weighted by atomic mass is 16.3. The van der Waals surface area contributed by atoms with Crippen LogP contribution in [-0.2, 0) is 0 Å².